The Kier molecular flexibility index (Phi) is 3.63. The molecule has 0 unspecified atom stereocenters. The van der Waals surface area contributed by atoms with Crippen LogP contribution in [-0.2, 0) is 9.84 Å². The molecule has 26 heavy (non-hydrogen) atoms. The number of rotatable bonds is 2. The summed E-state index contributed by atoms with van der Waals surface area (Å²) in [5.74, 6) is -0.543. The second-order valence-corrected chi connectivity index (χ2v) is 8.22. The molecule has 4 aromatic carbocycles. The third-order valence-electron chi connectivity index (χ3n) is 4.54. The Morgan fingerprint density at radius 1 is 0.769 bits per heavy atom. The Hall–Kier alpha value is -3.05. The summed E-state index contributed by atoms with van der Waals surface area (Å²) in [4.78, 5) is -0.237. The van der Waals surface area contributed by atoms with Gasteiger partial charge in [0.05, 0.1) is 4.90 Å². The molecular formula is C21H16O4S. The number of hydrogen-bond donors (Lipinski definition) is 2. The maximum Gasteiger partial charge on any atom is 0.210 e. The topological polar surface area (TPSA) is 74.6 Å². The highest BCUT2D eigenvalue weighted by molar-refractivity contribution is 7.91. The van der Waals surface area contributed by atoms with Crippen LogP contribution in [0.15, 0.2) is 76.5 Å². The molecule has 5 heteroatoms. The molecule has 4 rings (SSSR count). The van der Waals surface area contributed by atoms with E-state index in [1.807, 2.05) is 31.2 Å². The number of benzene rings is 4. The van der Waals surface area contributed by atoms with Gasteiger partial charge in [-0.3, -0.25) is 0 Å². The molecule has 130 valence electrons. The lowest BCUT2D eigenvalue weighted by atomic mass is 10.0. The second kappa shape index (κ2) is 5.75. The molecule has 2 N–H and O–H groups in total. The maximum absolute atomic E-state index is 13.0. The van der Waals surface area contributed by atoms with Gasteiger partial charge in [-0.2, -0.15) is 0 Å². The zero-order valence-corrected chi connectivity index (χ0v) is 14.8. The molecule has 0 amide bonds. The number of aromatic hydroxyl groups is 2. The van der Waals surface area contributed by atoms with Crippen LogP contribution in [0.4, 0.5) is 0 Å². The van der Waals surface area contributed by atoms with Gasteiger partial charge in [0.1, 0.15) is 16.4 Å². The van der Waals surface area contributed by atoms with Gasteiger partial charge in [0.15, 0.2) is 0 Å². The summed E-state index contributed by atoms with van der Waals surface area (Å²) in [5.41, 5.74) is 0.931. The number of aryl methyl sites for hydroxylation is 1. The van der Waals surface area contributed by atoms with Crippen molar-refractivity contribution in [1.82, 2.24) is 0 Å². The molecular weight excluding hydrogens is 348 g/mol. The first kappa shape index (κ1) is 16.4. The number of fused-ring (bicyclic) bond motifs is 2. The molecule has 4 nitrogen and oxygen atoms in total. The maximum atomic E-state index is 13.0. The van der Waals surface area contributed by atoms with Crippen molar-refractivity contribution < 1.29 is 18.6 Å². The fourth-order valence-corrected chi connectivity index (χ4v) is 4.48. The Bertz CT molecular complexity index is 1260. The quantitative estimate of drug-likeness (QED) is 0.404. The van der Waals surface area contributed by atoms with Gasteiger partial charge in [-0.05, 0) is 42.0 Å². The summed E-state index contributed by atoms with van der Waals surface area (Å²) in [5, 5.41) is 23.6. The third-order valence-corrected chi connectivity index (χ3v) is 6.32. The summed E-state index contributed by atoms with van der Waals surface area (Å²) >= 11 is 0. The summed E-state index contributed by atoms with van der Waals surface area (Å²) < 4.78 is 25.9. The van der Waals surface area contributed by atoms with E-state index in [0.29, 0.717) is 10.8 Å². The highest BCUT2D eigenvalue weighted by Crippen LogP contribution is 2.41. The van der Waals surface area contributed by atoms with Crippen LogP contribution in [0.25, 0.3) is 21.5 Å². The van der Waals surface area contributed by atoms with Crippen LogP contribution in [0.5, 0.6) is 11.5 Å². The van der Waals surface area contributed by atoms with Gasteiger partial charge in [-0.15, -0.1) is 0 Å². The van der Waals surface area contributed by atoms with Crippen LogP contribution in [0.3, 0.4) is 0 Å². The molecule has 0 heterocycles. The molecule has 0 radical (unpaired) electrons. The molecule has 0 saturated carbocycles. The van der Waals surface area contributed by atoms with E-state index in [9.17, 15) is 18.6 Å². The standard InChI is InChI=1S/C21H16O4S/c1-13-6-8-16(9-7-13)26(24,25)20-12-19(22)17-10-14-4-2-3-5-15(14)11-18(17)21(20)23/h2-12,22-23H,1H3. The molecule has 4 aromatic rings. The van der Waals surface area contributed by atoms with E-state index in [1.165, 1.54) is 12.1 Å². The first-order valence-corrected chi connectivity index (χ1v) is 9.55. The number of phenolic OH excluding ortho intramolecular Hbond substituents is 2. The number of sulfone groups is 1. The molecule has 0 fully saturated rings. The smallest absolute Gasteiger partial charge is 0.210 e. The fraction of sp³-hybridized carbons (Fsp3) is 0.0476. The van der Waals surface area contributed by atoms with E-state index in [0.717, 1.165) is 22.4 Å². The van der Waals surface area contributed by atoms with Crippen LogP contribution in [-0.4, -0.2) is 18.6 Å². The highest BCUT2D eigenvalue weighted by Gasteiger charge is 2.25. The molecule has 0 spiro atoms. The van der Waals surface area contributed by atoms with Gasteiger partial charge in [0.25, 0.3) is 0 Å². The summed E-state index contributed by atoms with van der Waals surface area (Å²) in [6.45, 7) is 1.86. The minimum atomic E-state index is -3.96. The lowest BCUT2D eigenvalue weighted by Crippen LogP contribution is -2.03. The lowest BCUT2D eigenvalue weighted by Gasteiger charge is -2.12. The van der Waals surface area contributed by atoms with Crippen LogP contribution < -0.4 is 0 Å². The van der Waals surface area contributed by atoms with E-state index in [4.69, 9.17) is 0 Å². The van der Waals surface area contributed by atoms with E-state index >= 15 is 0 Å². The average Bonchev–Trinajstić information content (AvgIpc) is 2.63. The van der Waals surface area contributed by atoms with Crippen molar-refractivity contribution >= 4 is 31.4 Å². The molecule has 0 bridgehead atoms. The minimum absolute atomic E-state index is 0.0675. The van der Waals surface area contributed by atoms with E-state index in [2.05, 4.69) is 0 Å². The zero-order valence-electron chi connectivity index (χ0n) is 14.0. The van der Waals surface area contributed by atoms with E-state index in [1.54, 1.807) is 24.3 Å². The first-order valence-electron chi connectivity index (χ1n) is 8.07. The minimum Gasteiger partial charge on any atom is -0.507 e. The molecule has 0 atom stereocenters. The first-order chi connectivity index (χ1) is 12.4. The van der Waals surface area contributed by atoms with Crippen LogP contribution >= 0.6 is 0 Å². The molecule has 0 saturated heterocycles. The predicted octanol–water partition coefficient (Wildman–Crippen LogP) is 4.55. The van der Waals surface area contributed by atoms with Crippen LogP contribution in [0, 0.1) is 6.92 Å². The van der Waals surface area contributed by atoms with Crippen molar-refractivity contribution in [2.45, 2.75) is 16.7 Å². The number of phenols is 2. The molecule has 0 aliphatic rings. The van der Waals surface area contributed by atoms with Crippen molar-refractivity contribution in [1.29, 1.82) is 0 Å². The summed E-state index contributed by atoms with van der Waals surface area (Å²) in [6, 6.07) is 18.4. The van der Waals surface area contributed by atoms with Crippen molar-refractivity contribution in [3.8, 4) is 11.5 Å². The normalized spacial score (nSPS) is 11.9. The van der Waals surface area contributed by atoms with Crippen molar-refractivity contribution in [3.63, 3.8) is 0 Å². The van der Waals surface area contributed by atoms with Gasteiger partial charge >= 0.3 is 0 Å². The third kappa shape index (κ3) is 2.48. The second-order valence-electron chi connectivity index (χ2n) is 6.30. The fourth-order valence-electron chi connectivity index (χ4n) is 3.10. The Labute approximate surface area is 150 Å². The van der Waals surface area contributed by atoms with Gasteiger partial charge in [-0.1, -0.05) is 42.0 Å². The zero-order chi connectivity index (χ0) is 18.5. The Balaban J connectivity index is 2.03. The molecule has 0 aliphatic heterocycles. The molecule has 0 aromatic heterocycles. The van der Waals surface area contributed by atoms with Gasteiger partial charge in [0, 0.05) is 16.8 Å². The summed E-state index contributed by atoms with van der Waals surface area (Å²) in [7, 11) is -3.96. The monoisotopic (exact) mass is 364 g/mol. The Morgan fingerprint density at radius 3 is 1.96 bits per heavy atom. The average molecular weight is 364 g/mol. The number of hydrogen-bond acceptors (Lipinski definition) is 4. The van der Waals surface area contributed by atoms with Gasteiger partial charge in [0.2, 0.25) is 9.84 Å². The van der Waals surface area contributed by atoms with E-state index in [-0.39, 0.29) is 21.3 Å². The highest BCUT2D eigenvalue weighted by atomic mass is 32.2. The van der Waals surface area contributed by atoms with Gasteiger partial charge in [-0.25, -0.2) is 8.42 Å². The van der Waals surface area contributed by atoms with Crippen molar-refractivity contribution in [2.75, 3.05) is 0 Å². The van der Waals surface area contributed by atoms with Crippen molar-refractivity contribution in [2.24, 2.45) is 0 Å². The van der Waals surface area contributed by atoms with Gasteiger partial charge < -0.3 is 10.2 Å². The van der Waals surface area contributed by atoms with Crippen LogP contribution in [0.1, 0.15) is 5.56 Å². The SMILES string of the molecule is Cc1ccc(S(=O)(=O)c2cc(O)c3cc4ccccc4cc3c2O)cc1. The van der Waals surface area contributed by atoms with E-state index < -0.39 is 9.84 Å². The predicted molar refractivity (Wildman–Crippen MR) is 101 cm³/mol. The Morgan fingerprint density at radius 2 is 1.35 bits per heavy atom. The lowest BCUT2D eigenvalue weighted by molar-refractivity contribution is 0.454. The largest absolute Gasteiger partial charge is 0.507 e. The van der Waals surface area contributed by atoms with Crippen molar-refractivity contribution in [3.05, 3.63) is 72.3 Å². The molecule has 0 aliphatic carbocycles. The van der Waals surface area contributed by atoms with Crippen LogP contribution in [0.2, 0.25) is 0 Å². The summed E-state index contributed by atoms with van der Waals surface area (Å²) in [6.07, 6.45) is 0.